The number of nitrogens with one attached hydrogen (secondary N) is 1. The number of hydrogen-bond donors (Lipinski definition) is 4. The first kappa shape index (κ1) is 20.2. The minimum Gasteiger partial charge on any atom is -0.478 e. The van der Waals surface area contributed by atoms with Crippen molar-refractivity contribution < 1.29 is 24.5 Å². The molecule has 0 aromatic heterocycles. The fourth-order valence-electron chi connectivity index (χ4n) is 2.60. The molecule has 26 heavy (non-hydrogen) atoms. The Balaban J connectivity index is 1.87. The molecule has 0 fully saturated rings. The molecule has 0 aliphatic rings. The first-order valence-corrected chi connectivity index (χ1v) is 10.3. The smallest absolute Gasteiger partial charge is 0.335 e. The molecule has 6 nitrogen and oxygen atoms in total. The van der Waals surface area contributed by atoms with E-state index in [0.717, 1.165) is 11.1 Å². The molecule has 4 N–H and O–H groups in total. The van der Waals surface area contributed by atoms with Gasteiger partial charge >= 0.3 is 5.97 Å². The van der Waals surface area contributed by atoms with E-state index >= 15 is 0 Å². The number of carbonyl (C=O) groups excluding carboxylic acids is 1. The van der Waals surface area contributed by atoms with Crippen molar-refractivity contribution in [2.45, 2.75) is 19.1 Å². The molecule has 1 atom stereocenters. The largest absolute Gasteiger partial charge is 0.478 e. The molecule has 138 valence electrons. The average molecular weight is 376 g/mol. The van der Waals surface area contributed by atoms with E-state index in [4.69, 9.17) is 5.11 Å². The molecule has 0 saturated heterocycles. The summed E-state index contributed by atoms with van der Waals surface area (Å²) in [6.45, 7) is 1.80. The van der Waals surface area contributed by atoms with Crippen molar-refractivity contribution in [3.63, 3.8) is 0 Å². The van der Waals surface area contributed by atoms with E-state index in [0.29, 0.717) is 0 Å². The van der Waals surface area contributed by atoms with E-state index in [1.807, 2.05) is 25.1 Å². The first-order valence-electron chi connectivity index (χ1n) is 8.22. The minimum atomic E-state index is -3.34. The zero-order valence-electron chi connectivity index (χ0n) is 14.5. The highest BCUT2D eigenvalue weighted by molar-refractivity contribution is 7.64. The molecule has 7 heteroatoms. The van der Waals surface area contributed by atoms with Gasteiger partial charge in [-0.25, -0.2) is 14.6 Å². The van der Waals surface area contributed by atoms with Gasteiger partial charge in [0.25, 0.3) is 7.72 Å². The standard InChI is InChI=1S/C19H22NO5P/c1-14(16-8-5-9-17(10-16)19(22)23)20-11-18(21)13-26(24,25)12-15-6-3-2-4-7-15/h2-10,14,20,24-25H,11-13H2,1H3/p+1/t14-/m1/s1. The van der Waals surface area contributed by atoms with Crippen molar-refractivity contribution in [2.24, 2.45) is 0 Å². The van der Waals surface area contributed by atoms with E-state index < -0.39 is 13.7 Å². The summed E-state index contributed by atoms with van der Waals surface area (Å²) < 4.78 is 0. The second-order valence-corrected chi connectivity index (χ2v) is 8.64. The van der Waals surface area contributed by atoms with Gasteiger partial charge in [0.15, 0.2) is 11.9 Å². The van der Waals surface area contributed by atoms with Crippen LogP contribution in [0.25, 0.3) is 0 Å². The maximum Gasteiger partial charge on any atom is 0.335 e. The van der Waals surface area contributed by atoms with E-state index in [9.17, 15) is 19.4 Å². The SMILES string of the molecule is C[C@@H](NCC(=O)C[P+](O)(O)Cc1ccccc1)c1cccc(C(=O)O)c1. The summed E-state index contributed by atoms with van der Waals surface area (Å²) >= 11 is 0. The second-order valence-electron chi connectivity index (χ2n) is 6.25. The summed E-state index contributed by atoms with van der Waals surface area (Å²) in [4.78, 5) is 43.5. The van der Waals surface area contributed by atoms with Gasteiger partial charge in [0.1, 0.15) is 6.16 Å². The second kappa shape index (κ2) is 9.01. The number of carboxylic acid groups (broad SMARTS) is 1. The van der Waals surface area contributed by atoms with Gasteiger partial charge in [-0.1, -0.05) is 42.5 Å². The predicted molar refractivity (Wildman–Crippen MR) is 101 cm³/mol. The number of Topliss-reactive ketones (excluding diaryl/α,β-unsaturated/α-hetero) is 1. The quantitative estimate of drug-likeness (QED) is 0.501. The highest BCUT2D eigenvalue weighted by atomic mass is 31.2. The number of ketones is 1. The average Bonchev–Trinajstić information content (AvgIpc) is 2.59. The van der Waals surface area contributed by atoms with Crippen LogP contribution in [-0.4, -0.2) is 39.4 Å². The highest BCUT2D eigenvalue weighted by Crippen LogP contribution is 2.52. The zero-order valence-corrected chi connectivity index (χ0v) is 15.4. The molecule has 0 aliphatic heterocycles. The van der Waals surface area contributed by atoms with Crippen LogP contribution in [0.2, 0.25) is 0 Å². The summed E-state index contributed by atoms with van der Waals surface area (Å²) in [6, 6.07) is 15.3. The number of carbonyl (C=O) groups is 2. The van der Waals surface area contributed by atoms with Crippen LogP contribution in [0.4, 0.5) is 0 Å². The Labute approximate surface area is 153 Å². The molecule has 0 radical (unpaired) electrons. The Morgan fingerprint density at radius 1 is 1.08 bits per heavy atom. The maximum atomic E-state index is 12.1. The fourth-order valence-corrected chi connectivity index (χ4v) is 4.18. The Morgan fingerprint density at radius 3 is 2.42 bits per heavy atom. The first-order chi connectivity index (χ1) is 12.3. The lowest BCUT2D eigenvalue weighted by molar-refractivity contribution is -0.116. The van der Waals surface area contributed by atoms with Gasteiger partial charge in [-0.05, 0) is 30.2 Å². The monoisotopic (exact) mass is 376 g/mol. The van der Waals surface area contributed by atoms with Gasteiger partial charge in [0, 0.05) is 6.04 Å². The van der Waals surface area contributed by atoms with Crippen molar-refractivity contribution >= 4 is 19.5 Å². The third-order valence-electron chi connectivity index (χ3n) is 3.95. The normalized spacial score (nSPS) is 12.6. The molecule has 0 spiro atoms. The molecule has 0 amide bonds. The van der Waals surface area contributed by atoms with Crippen LogP contribution in [0.15, 0.2) is 54.6 Å². The Hall–Kier alpha value is -2.11. The molecular formula is C19H23NO5P+. The number of carboxylic acids is 1. The molecule has 2 rings (SSSR count). The van der Waals surface area contributed by atoms with Crippen LogP contribution in [0.3, 0.4) is 0 Å². The lowest BCUT2D eigenvalue weighted by Crippen LogP contribution is -2.28. The van der Waals surface area contributed by atoms with Crippen LogP contribution in [-0.2, 0) is 11.0 Å². The maximum absolute atomic E-state index is 12.1. The molecule has 0 unspecified atom stereocenters. The van der Waals surface area contributed by atoms with Gasteiger partial charge in [-0.3, -0.25) is 4.79 Å². The van der Waals surface area contributed by atoms with Crippen molar-refractivity contribution in [1.29, 1.82) is 0 Å². The third kappa shape index (κ3) is 6.32. The Morgan fingerprint density at radius 2 is 1.77 bits per heavy atom. The van der Waals surface area contributed by atoms with Crippen LogP contribution in [0.5, 0.6) is 0 Å². The summed E-state index contributed by atoms with van der Waals surface area (Å²) in [7, 11) is -3.34. The third-order valence-corrected chi connectivity index (χ3v) is 5.68. The highest BCUT2D eigenvalue weighted by Gasteiger charge is 2.36. The van der Waals surface area contributed by atoms with Crippen molar-refractivity contribution in [3.05, 3.63) is 71.3 Å². The number of benzene rings is 2. The minimum absolute atomic E-state index is 0.0177. The number of hydrogen-bond acceptors (Lipinski definition) is 5. The fraction of sp³-hybridized carbons (Fsp3) is 0.263. The van der Waals surface area contributed by atoms with Crippen LogP contribution in [0, 0.1) is 0 Å². The summed E-state index contributed by atoms with van der Waals surface area (Å²) in [5.74, 6) is -1.30. The molecular weight excluding hydrogens is 353 g/mol. The Kier molecular flexibility index (Phi) is 7.00. The molecule has 2 aromatic carbocycles. The summed E-state index contributed by atoms with van der Waals surface area (Å²) in [5, 5.41) is 12.0. The van der Waals surface area contributed by atoms with Gasteiger partial charge < -0.3 is 10.4 Å². The lowest BCUT2D eigenvalue weighted by Gasteiger charge is -2.16. The predicted octanol–water partition coefficient (Wildman–Crippen LogP) is 2.64. The molecule has 0 saturated carbocycles. The van der Waals surface area contributed by atoms with Crippen LogP contribution >= 0.6 is 7.72 Å². The topological polar surface area (TPSA) is 107 Å². The number of aromatic carboxylic acids is 1. The van der Waals surface area contributed by atoms with Crippen LogP contribution in [0.1, 0.15) is 34.5 Å². The van der Waals surface area contributed by atoms with Crippen LogP contribution < -0.4 is 5.32 Å². The van der Waals surface area contributed by atoms with E-state index in [-0.39, 0.29) is 36.3 Å². The van der Waals surface area contributed by atoms with E-state index in [1.54, 1.807) is 30.3 Å². The summed E-state index contributed by atoms with van der Waals surface area (Å²) in [5.41, 5.74) is 1.71. The van der Waals surface area contributed by atoms with E-state index in [2.05, 4.69) is 5.32 Å². The molecule has 0 bridgehead atoms. The Bertz CT molecular complexity index is 764. The van der Waals surface area contributed by atoms with Gasteiger partial charge in [0.2, 0.25) is 0 Å². The lowest BCUT2D eigenvalue weighted by atomic mass is 10.1. The molecule has 2 aromatic rings. The van der Waals surface area contributed by atoms with Gasteiger partial charge in [0.05, 0.1) is 12.1 Å². The summed E-state index contributed by atoms with van der Waals surface area (Å²) in [6.07, 6.45) is -0.202. The number of rotatable bonds is 9. The van der Waals surface area contributed by atoms with Crippen molar-refractivity contribution in [3.8, 4) is 0 Å². The molecule has 0 heterocycles. The molecule has 0 aliphatic carbocycles. The zero-order chi connectivity index (χ0) is 19.2. The van der Waals surface area contributed by atoms with Gasteiger partial charge in [-0.15, -0.1) is 0 Å². The van der Waals surface area contributed by atoms with E-state index in [1.165, 1.54) is 6.07 Å². The van der Waals surface area contributed by atoms with Crippen molar-refractivity contribution in [1.82, 2.24) is 5.32 Å². The van der Waals surface area contributed by atoms with Gasteiger partial charge in [-0.2, -0.15) is 0 Å². The van der Waals surface area contributed by atoms with Crippen molar-refractivity contribution in [2.75, 3.05) is 12.7 Å².